The molecular formula is C19H22O4. The van der Waals surface area contributed by atoms with E-state index in [1.807, 2.05) is 42.5 Å². The molecule has 0 aromatic heterocycles. The van der Waals surface area contributed by atoms with E-state index < -0.39 is 5.60 Å². The summed E-state index contributed by atoms with van der Waals surface area (Å²) in [6.45, 7) is 0.412. The summed E-state index contributed by atoms with van der Waals surface area (Å²) in [6.07, 6.45) is 2.51. The maximum absolute atomic E-state index is 10.7. The smallest absolute Gasteiger partial charge is 0.204 e. The van der Waals surface area contributed by atoms with Gasteiger partial charge in [-0.2, -0.15) is 0 Å². The third-order valence-electron chi connectivity index (χ3n) is 4.41. The summed E-state index contributed by atoms with van der Waals surface area (Å²) in [7, 11) is 3.19. The van der Waals surface area contributed by atoms with Gasteiger partial charge < -0.3 is 19.3 Å². The lowest BCUT2D eigenvalue weighted by Gasteiger charge is -2.38. The fourth-order valence-corrected chi connectivity index (χ4v) is 2.92. The van der Waals surface area contributed by atoms with Gasteiger partial charge in [-0.1, -0.05) is 30.3 Å². The Morgan fingerprint density at radius 2 is 1.70 bits per heavy atom. The molecule has 1 aliphatic carbocycles. The van der Waals surface area contributed by atoms with Gasteiger partial charge in [0.15, 0.2) is 11.5 Å². The highest BCUT2D eigenvalue weighted by molar-refractivity contribution is 5.58. The first-order valence-electron chi connectivity index (χ1n) is 7.82. The van der Waals surface area contributed by atoms with Crippen molar-refractivity contribution in [2.75, 3.05) is 14.2 Å². The van der Waals surface area contributed by atoms with Crippen LogP contribution in [0, 0.1) is 0 Å². The minimum absolute atomic E-state index is 0.412. The van der Waals surface area contributed by atoms with Crippen molar-refractivity contribution in [3.05, 3.63) is 53.6 Å². The predicted octanol–water partition coefficient (Wildman–Crippen LogP) is 3.65. The van der Waals surface area contributed by atoms with Crippen molar-refractivity contribution in [2.24, 2.45) is 0 Å². The van der Waals surface area contributed by atoms with Gasteiger partial charge in [0, 0.05) is 5.56 Å². The van der Waals surface area contributed by atoms with E-state index >= 15 is 0 Å². The number of hydrogen-bond acceptors (Lipinski definition) is 4. The van der Waals surface area contributed by atoms with E-state index in [0.717, 1.165) is 30.4 Å². The maximum Gasteiger partial charge on any atom is 0.204 e. The van der Waals surface area contributed by atoms with Crippen molar-refractivity contribution in [1.82, 2.24) is 0 Å². The van der Waals surface area contributed by atoms with Crippen LogP contribution in [0.15, 0.2) is 42.5 Å². The van der Waals surface area contributed by atoms with Gasteiger partial charge in [0.05, 0.1) is 19.8 Å². The molecule has 2 aromatic carbocycles. The summed E-state index contributed by atoms with van der Waals surface area (Å²) < 4.78 is 17.0. The molecule has 4 heteroatoms. The molecule has 2 aromatic rings. The highest BCUT2D eigenvalue weighted by Gasteiger charge is 2.40. The first-order chi connectivity index (χ1) is 11.2. The van der Waals surface area contributed by atoms with Crippen molar-refractivity contribution in [3.63, 3.8) is 0 Å². The summed E-state index contributed by atoms with van der Waals surface area (Å²) in [5, 5.41) is 10.7. The van der Waals surface area contributed by atoms with E-state index in [4.69, 9.17) is 14.2 Å². The molecule has 122 valence electrons. The largest absolute Gasteiger partial charge is 0.493 e. The highest BCUT2D eigenvalue weighted by atomic mass is 16.5. The van der Waals surface area contributed by atoms with Crippen molar-refractivity contribution in [2.45, 2.75) is 31.5 Å². The molecule has 1 saturated carbocycles. The van der Waals surface area contributed by atoms with Crippen LogP contribution in [-0.4, -0.2) is 19.3 Å². The molecule has 0 saturated heterocycles. The van der Waals surface area contributed by atoms with E-state index in [9.17, 15) is 5.11 Å². The molecule has 0 radical (unpaired) electrons. The second kappa shape index (κ2) is 6.50. The molecule has 0 atom stereocenters. The molecule has 0 aliphatic heterocycles. The van der Waals surface area contributed by atoms with E-state index in [-0.39, 0.29) is 0 Å². The van der Waals surface area contributed by atoms with E-state index in [1.54, 1.807) is 14.2 Å². The zero-order valence-electron chi connectivity index (χ0n) is 13.5. The van der Waals surface area contributed by atoms with Gasteiger partial charge >= 0.3 is 0 Å². The first-order valence-corrected chi connectivity index (χ1v) is 7.82. The Morgan fingerprint density at radius 3 is 2.26 bits per heavy atom. The molecule has 0 bridgehead atoms. The molecule has 3 rings (SSSR count). The van der Waals surface area contributed by atoms with Gasteiger partial charge in [-0.15, -0.1) is 0 Å². The normalized spacial score (nSPS) is 15.6. The summed E-state index contributed by atoms with van der Waals surface area (Å²) in [5.74, 6) is 1.70. The van der Waals surface area contributed by atoms with Gasteiger partial charge in [-0.25, -0.2) is 0 Å². The number of benzene rings is 2. The number of ether oxygens (including phenoxy) is 3. The Morgan fingerprint density at radius 1 is 0.957 bits per heavy atom. The lowest BCUT2D eigenvalue weighted by Crippen LogP contribution is -2.34. The predicted molar refractivity (Wildman–Crippen MR) is 88.1 cm³/mol. The third kappa shape index (κ3) is 2.99. The Labute approximate surface area is 136 Å². The van der Waals surface area contributed by atoms with Crippen LogP contribution in [0.3, 0.4) is 0 Å². The topological polar surface area (TPSA) is 47.9 Å². The highest BCUT2D eigenvalue weighted by Crippen LogP contribution is 2.50. The van der Waals surface area contributed by atoms with E-state index in [0.29, 0.717) is 23.9 Å². The van der Waals surface area contributed by atoms with Gasteiger partial charge in [0.25, 0.3) is 0 Å². The third-order valence-corrected chi connectivity index (χ3v) is 4.41. The van der Waals surface area contributed by atoms with Crippen molar-refractivity contribution in [1.29, 1.82) is 0 Å². The average molecular weight is 314 g/mol. The monoisotopic (exact) mass is 314 g/mol. The second-order valence-electron chi connectivity index (χ2n) is 5.84. The van der Waals surface area contributed by atoms with Crippen LogP contribution in [0.25, 0.3) is 0 Å². The molecule has 1 N–H and O–H groups in total. The number of rotatable bonds is 6. The lowest BCUT2D eigenvalue weighted by atomic mass is 9.74. The number of methoxy groups -OCH3 is 2. The minimum atomic E-state index is -0.817. The molecule has 0 spiro atoms. The summed E-state index contributed by atoms with van der Waals surface area (Å²) in [4.78, 5) is 0. The Kier molecular flexibility index (Phi) is 4.44. The lowest BCUT2D eigenvalue weighted by molar-refractivity contribution is -0.0407. The van der Waals surface area contributed by atoms with Gasteiger partial charge in [-0.05, 0) is 37.0 Å². The summed E-state index contributed by atoms with van der Waals surface area (Å²) in [6, 6.07) is 13.6. The molecule has 0 amide bonds. The zero-order valence-corrected chi connectivity index (χ0v) is 13.5. The Hall–Kier alpha value is -2.20. The van der Waals surface area contributed by atoms with Crippen LogP contribution in [0.4, 0.5) is 0 Å². The molecule has 1 fully saturated rings. The standard InChI is InChI=1S/C19H22O4/c1-21-16-10-9-15(19(20)11-6-12-19)17(22-2)18(16)23-13-14-7-4-3-5-8-14/h3-5,7-10,20H,6,11-13H2,1-2H3. The molecule has 23 heavy (non-hydrogen) atoms. The van der Waals surface area contributed by atoms with Crippen LogP contribution in [0.1, 0.15) is 30.4 Å². The van der Waals surface area contributed by atoms with E-state index in [2.05, 4.69) is 0 Å². The van der Waals surface area contributed by atoms with Crippen molar-refractivity contribution >= 4 is 0 Å². The molecular weight excluding hydrogens is 292 g/mol. The Bertz CT molecular complexity index is 663. The first kappa shape index (κ1) is 15.7. The molecule has 0 heterocycles. The Balaban J connectivity index is 1.94. The second-order valence-corrected chi connectivity index (χ2v) is 5.84. The molecule has 4 nitrogen and oxygen atoms in total. The summed E-state index contributed by atoms with van der Waals surface area (Å²) in [5.41, 5.74) is 1.02. The maximum atomic E-state index is 10.7. The fourth-order valence-electron chi connectivity index (χ4n) is 2.92. The van der Waals surface area contributed by atoms with Gasteiger partial charge in [-0.3, -0.25) is 0 Å². The fraction of sp³-hybridized carbons (Fsp3) is 0.368. The van der Waals surface area contributed by atoms with E-state index in [1.165, 1.54) is 0 Å². The van der Waals surface area contributed by atoms with Crippen LogP contribution in [-0.2, 0) is 12.2 Å². The number of hydrogen-bond donors (Lipinski definition) is 1. The molecule has 1 aliphatic rings. The average Bonchev–Trinajstić information content (AvgIpc) is 2.57. The van der Waals surface area contributed by atoms with Crippen molar-refractivity contribution < 1.29 is 19.3 Å². The van der Waals surface area contributed by atoms with Crippen LogP contribution in [0.5, 0.6) is 17.2 Å². The number of aliphatic hydroxyl groups is 1. The SMILES string of the molecule is COc1ccc(C2(O)CCC2)c(OC)c1OCc1ccccc1. The summed E-state index contributed by atoms with van der Waals surface area (Å²) >= 11 is 0. The minimum Gasteiger partial charge on any atom is -0.493 e. The quantitative estimate of drug-likeness (QED) is 0.884. The van der Waals surface area contributed by atoms with Gasteiger partial charge in [0.2, 0.25) is 5.75 Å². The van der Waals surface area contributed by atoms with Crippen LogP contribution >= 0.6 is 0 Å². The molecule has 0 unspecified atom stereocenters. The van der Waals surface area contributed by atoms with Gasteiger partial charge in [0.1, 0.15) is 6.61 Å². The van der Waals surface area contributed by atoms with Crippen molar-refractivity contribution in [3.8, 4) is 17.2 Å². The zero-order chi connectivity index (χ0) is 16.3. The van der Waals surface area contributed by atoms with Crippen LogP contribution in [0.2, 0.25) is 0 Å². The van der Waals surface area contributed by atoms with Crippen LogP contribution < -0.4 is 14.2 Å².